The molecule has 0 atom stereocenters. The van der Waals surface area contributed by atoms with E-state index < -0.39 is 0 Å². The van der Waals surface area contributed by atoms with Crippen LogP contribution in [0.2, 0.25) is 0 Å². The van der Waals surface area contributed by atoms with Crippen molar-refractivity contribution in [2.75, 3.05) is 32.8 Å². The Morgan fingerprint density at radius 2 is 1.87 bits per heavy atom. The molecular formula is C23H24N2O5. The third kappa shape index (κ3) is 4.02. The van der Waals surface area contributed by atoms with Crippen LogP contribution in [0.5, 0.6) is 11.5 Å². The number of carbonyl (C=O) groups excluding carboxylic acids is 2. The number of piperazine rings is 1. The highest BCUT2D eigenvalue weighted by Gasteiger charge is 2.32. The second-order valence-electron chi connectivity index (χ2n) is 7.25. The van der Waals surface area contributed by atoms with E-state index in [0.29, 0.717) is 56.2 Å². The molecule has 0 radical (unpaired) electrons. The Morgan fingerprint density at radius 1 is 1.13 bits per heavy atom. The maximum atomic E-state index is 12.8. The number of aromatic hydroxyl groups is 1. The van der Waals surface area contributed by atoms with Crippen LogP contribution < -0.4 is 4.74 Å². The van der Waals surface area contributed by atoms with Gasteiger partial charge in [0.05, 0.1) is 17.7 Å². The van der Waals surface area contributed by atoms with Gasteiger partial charge in [-0.25, -0.2) is 4.79 Å². The fraction of sp³-hybridized carbons (Fsp3) is 0.304. The second kappa shape index (κ2) is 8.59. The molecule has 7 heteroatoms. The minimum Gasteiger partial charge on any atom is -0.507 e. The van der Waals surface area contributed by atoms with Crippen LogP contribution in [0, 0.1) is 0 Å². The Morgan fingerprint density at radius 3 is 2.57 bits per heavy atom. The SMILES string of the molecule is CCOC(=O)N1CCN(Cc2c(O)ccc3c2O/C(=C\c2ccccc2)C3=O)CC1. The number of hydrogen-bond acceptors (Lipinski definition) is 6. The molecule has 7 nitrogen and oxygen atoms in total. The highest BCUT2D eigenvalue weighted by molar-refractivity contribution is 6.15. The number of ketones is 1. The first-order valence-electron chi connectivity index (χ1n) is 10.0. The molecule has 4 rings (SSSR count). The molecule has 1 saturated heterocycles. The highest BCUT2D eigenvalue weighted by atomic mass is 16.6. The van der Waals surface area contributed by atoms with Gasteiger partial charge in [-0.15, -0.1) is 0 Å². The zero-order chi connectivity index (χ0) is 21.1. The van der Waals surface area contributed by atoms with Crippen molar-refractivity contribution in [1.29, 1.82) is 0 Å². The quantitative estimate of drug-likeness (QED) is 0.783. The van der Waals surface area contributed by atoms with Crippen LogP contribution in [-0.2, 0) is 11.3 Å². The standard InChI is InChI=1S/C23H24N2O5/c1-2-29-23(28)25-12-10-24(11-13-25)15-18-19(26)9-8-17-21(27)20(30-22(17)18)14-16-6-4-3-5-7-16/h3-9,14,26H,2,10-13,15H2,1H3/b20-14-. The number of phenolic OH excluding ortho intramolecular Hbond substituents is 1. The molecule has 0 unspecified atom stereocenters. The molecule has 1 amide bonds. The van der Waals surface area contributed by atoms with Gasteiger partial charge in [-0.05, 0) is 30.7 Å². The van der Waals surface area contributed by atoms with E-state index in [0.717, 1.165) is 5.56 Å². The fourth-order valence-electron chi connectivity index (χ4n) is 3.68. The van der Waals surface area contributed by atoms with E-state index in [1.54, 1.807) is 24.0 Å². The van der Waals surface area contributed by atoms with E-state index in [4.69, 9.17) is 9.47 Å². The van der Waals surface area contributed by atoms with E-state index in [2.05, 4.69) is 4.90 Å². The zero-order valence-corrected chi connectivity index (χ0v) is 16.8. The zero-order valence-electron chi connectivity index (χ0n) is 16.8. The summed E-state index contributed by atoms with van der Waals surface area (Å²) in [6, 6.07) is 12.6. The maximum Gasteiger partial charge on any atom is 0.409 e. The van der Waals surface area contributed by atoms with E-state index in [1.165, 1.54) is 6.07 Å². The van der Waals surface area contributed by atoms with Gasteiger partial charge < -0.3 is 19.5 Å². The smallest absolute Gasteiger partial charge is 0.409 e. The van der Waals surface area contributed by atoms with Gasteiger partial charge in [-0.1, -0.05) is 30.3 Å². The van der Waals surface area contributed by atoms with Crippen molar-refractivity contribution in [1.82, 2.24) is 9.80 Å². The fourth-order valence-corrected chi connectivity index (χ4v) is 3.68. The normalized spacial score (nSPS) is 17.7. The molecule has 1 N–H and O–H groups in total. The van der Waals surface area contributed by atoms with E-state index in [1.807, 2.05) is 30.3 Å². The molecule has 2 aromatic carbocycles. The van der Waals surface area contributed by atoms with Gasteiger partial charge >= 0.3 is 6.09 Å². The average molecular weight is 408 g/mol. The summed E-state index contributed by atoms with van der Waals surface area (Å²) >= 11 is 0. The van der Waals surface area contributed by atoms with Crippen LogP contribution in [0.15, 0.2) is 48.2 Å². The number of carbonyl (C=O) groups is 2. The summed E-state index contributed by atoms with van der Waals surface area (Å²) in [7, 11) is 0. The van der Waals surface area contributed by atoms with E-state index in [9.17, 15) is 14.7 Å². The third-order valence-electron chi connectivity index (χ3n) is 5.29. The predicted molar refractivity (Wildman–Crippen MR) is 111 cm³/mol. The Bertz CT molecular complexity index is 979. The van der Waals surface area contributed by atoms with Gasteiger partial charge in [0.25, 0.3) is 0 Å². The maximum absolute atomic E-state index is 12.8. The van der Waals surface area contributed by atoms with Crippen molar-refractivity contribution in [3.63, 3.8) is 0 Å². The van der Waals surface area contributed by atoms with Crippen LogP contribution in [0.3, 0.4) is 0 Å². The number of phenols is 1. The molecule has 30 heavy (non-hydrogen) atoms. The summed E-state index contributed by atoms with van der Waals surface area (Å²) in [6.45, 7) is 4.95. The predicted octanol–water partition coefficient (Wildman–Crippen LogP) is 3.28. The lowest BCUT2D eigenvalue weighted by Crippen LogP contribution is -2.48. The number of allylic oxidation sites excluding steroid dienone is 1. The number of ether oxygens (including phenoxy) is 2. The second-order valence-corrected chi connectivity index (χ2v) is 7.25. The molecule has 2 heterocycles. The molecule has 0 saturated carbocycles. The van der Waals surface area contributed by atoms with Gasteiger partial charge in [0.15, 0.2) is 5.76 Å². The highest BCUT2D eigenvalue weighted by Crippen LogP contribution is 2.40. The van der Waals surface area contributed by atoms with Crippen molar-refractivity contribution >= 4 is 18.0 Å². The third-order valence-corrected chi connectivity index (χ3v) is 5.29. The number of rotatable bonds is 4. The average Bonchev–Trinajstić information content (AvgIpc) is 3.07. The largest absolute Gasteiger partial charge is 0.507 e. The monoisotopic (exact) mass is 408 g/mol. The van der Waals surface area contributed by atoms with Crippen LogP contribution in [-0.4, -0.2) is 59.6 Å². The Balaban J connectivity index is 1.50. The lowest BCUT2D eigenvalue weighted by Gasteiger charge is -2.34. The first-order valence-corrected chi connectivity index (χ1v) is 10.0. The summed E-state index contributed by atoms with van der Waals surface area (Å²) in [6.07, 6.45) is 1.41. The topological polar surface area (TPSA) is 79.3 Å². The molecule has 0 aromatic heterocycles. The van der Waals surface area contributed by atoms with E-state index >= 15 is 0 Å². The summed E-state index contributed by atoms with van der Waals surface area (Å²) in [5, 5.41) is 10.5. The number of amides is 1. The van der Waals surface area contributed by atoms with Crippen molar-refractivity contribution < 1.29 is 24.2 Å². The van der Waals surface area contributed by atoms with Gasteiger partial charge in [-0.3, -0.25) is 9.69 Å². The number of nitrogens with zero attached hydrogens (tertiary/aromatic N) is 2. The number of hydrogen-bond donors (Lipinski definition) is 1. The molecular weight excluding hydrogens is 384 g/mol. The molecule has 2 aliphatic rings. The van der Waals surface area contributed by atoms with Crippen LogP contribution in [0.4, 0.5) is 4.79 Å². The van der Waals surface area contributed by atoms with Crippen LogP contribution in [0.25, 0.3) is 6.08 Å². The van der Waals surface area contributed by atoms with Crippen molar-refractivity contribution in [2.24, 2.45) is 0 Å². The molecule has 0 bridgehead atoms. The van der Waals surface area contributed by atoms with Crippen molar-refractivity contribution in [3.05, 3.63) is 64.9 Å². The Hall–Kier alpha value is -3.32. The molecule has 2 aliphatic heterocycles. The molecule has 1 fully saturated rings. The van der Waals surface area contributed by atoms with E-state index in [-0.39, 0.29) is 23.4 Å². The number of fused-ring (bicyclic) bond motifs is 1. The Labute approximate surface area is 175 Å². The van der Waals surface area contributed by atoms with Crippen LogP contribution >= 0.6 is 0 Å². The van der Waals surface area contributed by atoms with Crippen molar-refractivity contribution in [3.8, 4) is 11.5 Å². The number of benzene rings is 2. The summed E-state index contributed by atoms with van der Waals surface area (Å²) in [5.41, 5.74) is 1.91. The first kappa shape index (κ1) is 20.0. The van der Waals surface area contributed by atoms with Gasteiger partial charge in [0.2, 0.25) is 5.78 Å². The molecule has 156 valence electrons. The molecule has 2 aromatic rings. The van der Waals surface area contributed by atoms with Crippen molar-refractivity contribution in [2.45, 2.75) is 13.5 Å². The van der Waals surface area contributed by atoms with Gasteiger partial charge in [0.1, 0.15) is 11.5 Å². The first-order chi connectivity index (χ1) is 14.6. The number of Topliss-reactive ketones (excluding diaryl/α,β-unsaturated/α-hetero) is 1. The minimum atomic E-state index is -0.301. The summed E-state index contributed by atoms with van der Waals surface area (Å²) in [5.74, 6) is 0.558. The summed E-state index contributed by atoms with van der Waals surface area (Å²) < 4.78 is 11.0. The Kier molecular flexibility index (Phi) is 5.72. The minimum absolute atomic E-state index is 0.0929. The molecule has 0 aliphatic carbocycles. The molecule has 0 spiro atoms. The van der Waals surface area contributed by atoms with Crippen LogP contribution in [0.1, 0.15) is 28.4 Å². The lowest BCUT2D eigenvalue weighted by molar-refractivity contribution is 0.0774. The lowest BCUT2D eigenvalue weighted by atomic mass is 10.0. The van der Waals surface area contributed by atoms with Gasteiger partial charge in [-0.2, -0.15) is 0 Å². The van der Waals surface area contributed by atoms with Gasteiger partial charge in [0, 0.05) is 32.7 Å². The summed E-state index contributed by atoms with van der Waals surface area (Å²) in [4.78, 5) is 28.5.